The quantitative estimate of drug-likeness (QED) is 0.0377. The van der Waals surface area contributed by atoms with Crippen molar-refractivity contribution >= 4 is 58.2 Å². The van der Waals surface area contributed by atoms with Gasteiger partial charge in [0.25, 0.3) is 6.01 Å². The smallest absolute Gasteiger partial charge is 0.305 e. The van der Waals surface area contributed by atoms with Gasteiger partial charge in [-0.2, -0.15) is 26.7 Å². The maximum Gasteiger partial charge on any atom is 0.305 e. The molecular weight excluding hydrogens is 711 g/mol. The van der Waals surface area contributed by atoms with Gasteiger partial charge in [-0.1, -0.05) is 96.6 Å². The summed E-state index contributed by atoms with van der Waals surface area (Å²) in [7, 11) is 0. The van der Waals surface area contributed by atoms with Crippen molar-refractivity contribution in [1.82, 2.24) is 24.8 Å². The number of unbranched alkanes of at least 4 members (excludes halogenated alkanes) is 11. The molecular formula is C38H61N9O6S. The fourth-order valence-corrected chi connectivity index (χ4v) is 6.47. The first-order valence-corrected chi connectivity index (χ1v) is 20.6. The molecule has 0 saturated heterocycles. The molecule has 15 nitrogen and oxygen atoms in total. The third-order valence-electron chi connectivity index (χ3n) is 8.90. The van der Waals surface area contributed by atoms with Gasteiger partial charge in [-0.25, -0.2) is 0 Å². The van der Waals surface area contributed by atoms with Crippen LogP contribution in [0.4, 0.5) is 17.5 Å². The highest BCUT2D eigenvalue weighted by molar-refractivity contribution is 7.99. The van der Waals surface area contributed by atoms with E-state index in [1.807, 2.05) is 0 Å². The Balaban J connectivity index is 1.33. The van der Waals surface area contributed by atoms with Crippen molar-refractivity contribution in [2.45, 2.75) is 122 Å². The number of thioether (sulfide) groups is 1. The van der Waals surface area contributed by atoms with Crippen molar-refractivity contribution in [3.05, 3.63) is 29.8 Å². The lowest BCUT2D eigenvalue weighted by molar-refractivity contribution is -0.143. The van der Waals surface area contributed by atoms with Crippen LogP contribution < -0.4 is 27.4 Å². The highest BCUT2D eigenvalue weighted by Gasteiger charge is 2.24. The average Bonchev–Trinajstić information content (AvgIpc) is 3.47. The number of hydrogen-bond donors (Lipinski definition) is 7. The van der Waals surface area contributed by atoms with Gasteiger partial charge >= 0.3 is 5.97 Å². The van der Waals surface area contributed by atoms with Crippen LogP contribution >= 0.6 is 11.8 Å². The third kappa shape index (κ3) is 15.7. The molecule has 1 aromatic carbocycles. The summed E-state index contributed by atoms with van der Waals surface area (Å²) in [5, 5.41) is 28.7. The Morgan fingerprint density at radius 1 is 0.889 bits per heavy atom. The minimum atomic E-state index is -1.22. The topological polar surface area (TPSA) is 233 Å². The van der Waals surface area contributed by atoms with Crippen LogP contribution in [0.5, 0.6) is 6.01 Å². The lowest BCUT2D eigenvalue weighted by Crippen LogP contribution is -2.52. The van der Waals surface area contributed by atoms with Gasteiger partial charge in [0, 0.05) is 30.2 Å². The summed E-state index contributed by atoms with van der Waals surface area (Å²) in [5.41, 5.74) is 14.0. The van der Waals surface area contributed by atoms with Crippen molar-refractivity contribution in [3.63, 3.8) is 0 Å². The molecule has 0 aliphatic heterocycles. The van der Waals surface area contributed by atoms with Crippen LogP contribution in [0, 0.1) is 0 Å². The van der Waals surface area contributed by atoms with Crippen molar-refractivity contribution in [1.29, 1.82) is 0 Å². The number of nitrogens with one attached hydrogen (secondary N) is 3. The Kier molecular flexibility index (Phi) is 20.5. The summed E-state index contributed by atoms with van der Waals surface area (Å²) in [5.74, 6) is -0.172. The Hall–Kier alpha value is -4.15. The van der Waals surface area contributed by atoms with E-state index >= 15 is 0 Å². The normalized spacial score (nSPS) is 12.4. The van der Waals surface area contributed by atoms with Gasteiger partial charge in [0.05, 0.1) is 19.2 Å². The number of nitrogen functional groups attached to an aromatic ring is 1. The van der Waals surface area contributed by atoms with E-state index in [0.717, 1.165) is 37.7 Å². The number of esters is 1. The fourth-order valence-electron chi connectivity index (χ4n) is 5.70. The number of aromatic hydroxyl groups is 1. The number of nitrogens with two attached hydrogens (primary N) is 2. The van der Waals surface area contributed by atoms with E-state index in [-0.39, 0.29) is 36.7 Å². The number of fused-ring (bicyclic) bond motifs is 1. The van der Waals surface area contributed by atoms with E-state index in [0.29, 0.717) is 41.5 Å². The molecule has 3 aromatic rings. The number of aliphatic hydroxyl groups is 1. The van der Waals surface area contributed by atoms with Crippen LogP contribution in [-0.2, 0) is 25.7 Å². The first-order valence-electron chi connectivity index (χ1n) is 19.4. The Labute approximate surface area is 323 Å². The number of aliphatic hydroxyl groups excluding tert-OH is 1. The number of carbonyl (C=O) groups excluding carboxylic acids is 3. The van der Waals surface area contributed by atoms with E-state index in [4.69, 9.17) is 16.2 Å². The van der Waals surface area contributed by atoms with Gasteiger partial charge < -0.3 is 42.4 Å². The van der Waals surface area contributed by atoms with Crippen LogP contribution in [0.1, 0.15) is 109 Å². The number of aromatic nitrogens is 4. The molecule has 0 fully saturated rings. The number of carbonyl (C=O) groups is 3. The summed E-state index contributed by atoms with van der Waals surface area (Å²) < 4.78 is 6.82. The second-order valence-electron chi connectivity index (χ2n) is 13.5. The second-order valence-corrected chi connectivity index (χ2v) is 14.7. The van der Waals surface area contributed by atoms with Gasteiger partial charge in [-0.15, -0.1) is 0 Å². The molecule has 2 amide bonds. The zero-order chi connectivity index (χ0) is 39.1. The summed E-state index contributed by atoms with van der Waals surface area (Å²) >= 11 is 1.37. The third-order valence-corrected chi connectivity index (χ3v) is 9.95. The highest BCUT2D eigenvalue weighted by Crippen LogP contribution is 2.25. The fraction of sp³-hybridized carbons (Fsp3) is 0.632. The van der Waals surface area contributed by atoms with Crippen LogP contribution in [-0.4, -0.2) is 90.9 Å². The molecule has 0 spiro atoms. The molecule has 0 radical (unpaired) electrons. The number of hydrogen-bond acceptors (Lipinski definition) is 13. The molecule has 0 aliphatic rings. The monoisotopic (exact) mass is 771 g/mol. The van der Waals surface area contributed by atoms with Crippen molar-refractivity contribution in [2.75, 3.05) is 47.6 Å². The van der Waals surface area contributed by atoms with Crippen LogP contribution in [0.2, 0.25) is 0 Å². The Bertz CT molecular complexity index is 1570. The van der Waals surface area contributed by atoms with E-state index in [1.54, 1.807) is 24.3 Å². The summed E-state index contributed by atoms with van der Waals surface area (Å²) in [6, 6.07) is 4.41. The number of ether oxygens (including phenoxy) is 1. The molecule has 3 rings (SSSR count). The number of rotatable bonds is 28. The maximum absolute atomic E-state index is 12.9. The first-order chi connectivity index (χ1) is 26.2. The van der Waals surface area contributed by atoms with Gasteiger partial charge in [0.15, 0.2) is 17.0 Å². The SMILES string of the molecule is CCCCCCCCCCCCCC(=O)OCCSCC(N)C(=O)NC(CO)C(=O)Nc1ccc(Cn2c(O)nc3c(N)nc(NCCCC)nc32)cc1. The molecule has 2 atom stereocenters. The molecule has 0 bridgehead atoms. The molecule has 2 heterocycles. The molecule has 2 aromatic heterocycles. The van der Waals surface area contributed by atoms with Crippen LogP contribution in [0.25, 0.3) is 11.2 Å². The largest absolute Gasteiger partial charge is 0.480 e. The minimum Gasteiger partial charge on any atom is -0.480 e. The minimum absolute atomic E-state index is 0.152. The highest BCUT2D eigenvalue weighted by atomic mass is 32.2. The Morgan fingerprint density at radius 3 is 2.19 bits per heavy atom. The number of nitrogens with zero attached hydrogens (tertiary/aromatic N) is 4. The lowest BCUT2D eigenvalue weighted by atomic mass is 10.1. The number of imidazole rings is 1. The van der Waals surface area contributed by atoms with E-state index < -0.39 is 30.5 Å². The number of benzene rings is 1. The van der Waals surface area contributed by atoms with Crippen LogP contribution in [0.15, 0.2) is 24.3 Å². The Morgan fingerprint density at radius 2 is 1.54 bits per heavy atom. The number of amides is 2. The average molecular weight is 772 g/mol. The predicted octanol–water partition coefficient (Wildman–Crippen LogP) is 5.09. The summed E-state index contributed by atoms with van der Waals surface area (Å²) in [4.78, 5) is 50.5. The van der Waals surface area contributed by atoms with Gasteiger partial charge in [-0.05, 0) is 30.5 Å². The summed E-state index contributed by atoms with van der Waals surface area (Å²) in [6.45, 7) is 4.82. The molecule has 16 heteroatoms. The first kappa shape index (κ1) is 44.2. The molecule has 54 heavy (non-hydrogen) atoms. The molecule has 2 unspecified atom stereocenters. The van der Waals surface area contributed by atoms with Gasteiger partial charge in [-0.3, -0.25) is 19.0 Å². The maximum atomic E-state index is 12.9. The van der Waals surface area contributed by atoms with Crippen molar-refractivity contribution in [3.8, 4) is 6.01 Å². The van der Waals surface area contributed by atoms with E-state index in [1.165, 1.54) is 67.7 Å². The second kappa shape index (κ2) is 25.0. The zero-order valence-electron chi connectivity index (χ0n) is 32.0. The summed E-state index contributed by atoms with van der Waals surface area (Å²) in [6.07, 6.45) is 15.8. The standard InChI is InChI=1S/C38H61N9O6S/c1-3-5-7-8-9-10-11-12-13-14-15-16-31(49)53-22-23-54-26-29(39)35(50)43-30(25-48)36(51)42-28-19-17-27(18-20-28)24-47-34-32(44-38(47)52)33(40)45-37(46-34)41-21-6-4-2/h17-20,29-30,48H,3-16,21-26,39H2,1-2H3,(H,42,51)(H,43,50)(H,44,52)(H3,40,41,45,46). The van der Waals surface area contributed by atoms with Crippen LogP contribution in [0.3, 0.4) is 0 Å². The van der Waals surface area contributed by atoms with Gasteiger partial charge in [0.2, 0.25) is 17.8 Å². The number of anilines is 3. The molecule has 9 N–H and O–H groups in total. The van der Waals surface area contributed by atoms with E-state index in [9.17, 15) is 24.6 Å². The predicted molar refractivity (Wildman–Crippen MR) is 215 cm³/mol. The molecule has 300 valence electrons. The molecule has 0 aliphatic carbocycles. The van der Waals surface area contributed by atoms with E-state index in [2.05, 4.69) is 44.7 Å². The lowest BCUT2D eigenvalue weighted by Gasteiger charge is -2.19. The van der Waals surface area contributed by atoms with Crippen molar-refractivity contribution in [2.24, 2.45) is 5.73 Å². The molecule has 0 saturated carbocycles. The van der Waals surface area contributed by atoms with Gasteiger partial charge in [0.1, 0.15) is 12.6 Å². The zero-order valence-corrected chi connectivity index (χ0v) is 32.8. The van der Waals surface area contributed by atoms with Crippen molar-refractivity contribution < 1.29 is 29.3 Å².